The van der Waals surface area contributed by atoms with Crippen LogP contribution in [0.2, 0.25) is 0 Å². The van der Waals surface area contributed by atoms with E-state index in [4.69, 9.17) is 23.3 Å². The molecule has 7 nitrogen and oxygen atoms in total. The first-order valence-electron chi connectivity index (χ1n) is 1.57. The third kappa shape index (κ3) is 332. The summed E-state index contributed by atoms with van der Waals surface area (Å²) in [5.41, 5.74) is 0. The summed E-state index contributed by atoms with van der Waals surface area (Å²) < 4.78 is 53.7. The molecule has 10 heavy (non-hydrogen) atoms. The summed E-state index contributed by atoms with van der Waals surface area (Å²) in [6.45, 7) is 0. The number of hydrogen-bond acceptors (Lipinski definition) is 2. The third-order valence-electron chi connectivity index (χ3n) is 0. The van der Waals surface area contributed by atoms with Gasteiger partial charge in [-0.15, -0.1) is 0 Å². The number of rotatable bonds is 0. The number of hydrogen-bond donors (Lipinski definition) is 6. The Labute approximate surface area is 70.1 Å². The van der Waals surface area contributed by atoms with E-state index in [2.05, 4.69) is 9.19 Å². The van der Waals surface area contributed by atoms with Crippen LogP contribution in [0.5, 0.6) is 0 Å². The Hall–Kier alpha value is 1.42. The molecule has 0 aromatic rings. The summed E-state index contributed by atoms with van der Waals surface area (Å²) in [7, 11) is 3.69. The predicted octanol–water partition coefficient (Wildman–Crippen LogP) is -3.57. The van der Waals surface area contributed by atoms with Gasteiger partial charge in [-0.1, -0.05) is 0 Å². The molecule has 0 aromatic carbocycles. The first kappa shape index (κ1) is 14.0. The van der Waals surface area contributed by atoms with Gasteiger partial charge in [-0.25, -0.2) is 0 Å². The molecule has 0 fully saturated rings. The molecule has 10 heteroatoms. The predicted molar refractivity (Wildman–Crippen MR) is 33.1 cm³/mol. The monoisotopic (exact) mass is 392 g/mol. The van der Waals surface area contributed by atoms with Crippen molar-refractivity contribution in [2.24, 2.45) is 0 Å². The molecule has 0 rings (SSSR count). The van der Waals surface area contributed by atoms with Crippen LogP contribution in [-0.4, -0.2) is 58.5 Å². The van der Waals surface area contributed by atoms with Crippen LogP contribution in [0.25, 0.3) is 0 Å². The fourth-order valence-electron chi connectivity index (χ4n) is 0. The van der Waals surface area contributed by atoms with E-state index < -0.39 is 38.2 Å². The van der Waals surface area contributed by atoms with E-state index in [1.807, 2.05) is 0 Å². The molecule has 0 atom stereocenters. The van der Waals surface area contributed by atoms with Gasteiger partial charge < -0.3 is 0 Å². The molecule has 0 spiro atoms. The average Bonchev–Trinajstić information content (AvgIpc) is 1.12. The van der Waals surface area contributed by atoms with Crippen LogP contribution in [-0.2, 0) is 3.02 Å². The van der Waals surface area contributed by atoms with Crippen molar-refractivity contribution >= 4 is 47.3 Å². The van der Waals surface area contributed by atoms with Gasteiger partial charge in [-0.2, -0.15) is 0 Å². The van der Waals surface area contributed by atoms with Crippen molar-refractivity contribution in [3.63, 3.8) is 0 Å². The minimum absolute atomic E-state index is 3.69. The molecule has 0 aliphatic rings. The van der Waals surface area contributed by atoms with Crippen molar-refractivity contribution in [2.75, 3.05) is 0 Å². The second-order valence-corrected chi connectivity index (χ2v) is 10.2. The van der Waals surface area contributed by atoms with Crippen molar-refractivity contribution in [3.05, 3.63) is 0 Å². The van der Waals surface area contributed by atoms with E-state index >= 15 is 0 Å². The third-order valence-corrected chi connectivity index (χ3v) is 0. The van der Waals surface area contributed by atoms with Crippen molar-refractivity contribution < 1.29 is 23.3 Å². The van der Waals surface area contributed by atoms with E-state index in [1.165, 1.54) is 0 Å². The topological polar surface area (TPSA) is 138 Å². The summed E-state index contributed by atoms with van der Waals surface area (Å²) in [6.07, 6.45) is 0. The Morgan fingerprint density at radius 3 is 0.900 bits per heavy atom. The van der Waals surface area contributed by atoms with Crippen molar-refractivity contribution in [1.29, 1.82) is 0 Å². The van der Waals surface area contributed by atoms with Crippen molar-refractivity contribution in [3.8, 4) is 0 Å². The molecular formula is H6O7SSb2. The van der Waals surface area contributed by atoms with Gasteiger partial charge in [0.15, 0.2) is 0 Å². The average molecular weight is 394 g/mol. The molecule has 0 amide bonds. The summed E-state index contributed by atoms with van der Waals surface area (Å²) >= 11 is -9.87. The molecule has 0 radical (unpaired) electrons. The fraction of sp³-hybridized carbons (Fsp3) is 0. The Morgan fingerprint density at radius 1 is 0.900 bits per heavy atom. The van der Waals surface area contributed by atoms with Gasteiger partial charge in [0.25, 0.3) is 0 Å². The Bertz CT molecular complexity index is 124. The van der Waals surface area contributed by atoms with Crippen LogP contribution in [0.15, 0.2) is 0 Å². The molecule has 0 heterocycles. The molecule has 0 aromatic heterocycles. The molecule has 0 unspecified atom stereocenters. The van der Waals surface area contributed by atoms with Crippen LogP contribution in [0.4, 0.5) is 0 Å². The first-order chi connectivity index (χ1) is 4.00. The normalized spacial score (nSPS) is 11.8. The van der Waals surface area contributed by atoms with Gasteiger partial charge in [0.2, 0.25) is 0 Å². The Morgan fingerprint density at radius 2 is 0.900 bits per heavy atom. The van der Waals surface area contributed by atoms with Crippen LogP contribution in [0.3, 0.4) is 0 Å². The van der Waals surface area contributed by atoms with Crippen molar-refractivity contribution in [2.45, 2.75) is 0 Å². The molecule has 0 saturated carbocycles. The molecule has 0 bridgehead atoms. The van der Waals surface area contributed by atoms with Gasteiger partial charge in [0.1, 0.15) is 0 Å². The van der Waals surface area contributed by atoms with Gasteiger partial charge in [-0.05, 0) is 0 Å². The molecule has 6 N–H and O–H groups in total. The SMILES string of the molecule is [OH][Sb]([OH])([OH])=[S].[O]=[Sb]([OH])([OH])[OH]. The van der Waals surface area contributed by atoms with E-state index in [0.29, 0.717) is 0 Å². The Kier molecular flexibility index (Phi) is 7.17. The quantitative estimate of drug-likeness (QED) is 0.232. The maximum atomic E-state index is 8.97. The zero-order valence-electron chi connectivity index (χ0n) is 4.39. The summed E-state index contributed by atoms with van der Waals surface area (Å²) in [6, 6.07) is 0. The molecule has 0 aliphatic heterocycles. The van der Waals surface area contributed by atoms with Crippen LogP contribution in [0, 0.1) is 0 Å². The zero-order chi connectivity index (χ0) is 9.00. The zero-order valence-corrected chi connectivity index (χ0v) is 10.3. The molecule has 0 aliphatic carbocycles. The second-order valence-electron chi connectivity index (χ2n) is 1.03. The molecule has 64 valence electrons. The van der Waals surface area contributed by atoms with Gasteiger partial charge >= 0.3 is 70.7 Å². The van der Waals surface area contributed by atoms with Gasteiger partial charge in [0, 0.05) is 0 Å². The standard InChI is InChI=1S/6H2O.O.S.2Sb/h6*1H2;;;;/q;;;;;;;;2*+3/p-6. The Balaban J connectivity index is 0. The van der Waals surface area contributed by atoms with E-state index in [1.54, 1.807) is 0 Å². The van der Waals surface area contributed by atoms with Crippen molar-refractivity contribution in [1.82, 2.24) is 0 Å². The van der Waals surface area contributed by atoms with Gasteiger partial charge in [-0.3, -0.25) is 0 Å². The fourth-order valence-corrected chi connectivity index (χ4v) is 0. The summed E-state index contributed by atoms with van der Waals surface area (Å²) in [5.74, 6) is 0. The van der Waals surface area contributed by atoms with E-state index in [9.17, 15) is 0 Å². The summed E-state index contributed by atoms with van der Waals surface area (Å²) in [5, 5.41) is 0. The minimum atomic E-state index is -5.35. The van der Waals surface area contributed by atoms with E-state index in [-0.39, 0.29) is 0 Å². The molecular weight excluding hydrogens is 388 g/mol. The maximum absolute atomic E-state index is 8.97. The van der Waals surface area contributed by atoms with Crippen LogP contribution >= 0.6 is 9.19 Å². The summed E-state index contributed by atoms with van der Waals surface area (Å²) in [4.78, 5) is 0. The molecule has 0 saturated heterocycles. The van der Waals surface area contributed by atoms with Crippen LogP contribution < -0.4 is 0 Å². The van der Waals surface area contributed by atoms with Crippen LogP contribution in [0.1, 0.15) is 0 Å². The van der Waals surface area contributed by atoms with E-state index in [0.717, 1.165) is 0 Å². The second kappa shape index (κ2) is 5.13. The first-order valence-corrected chi connectivity index (χ1v) is 12.9. The van der Waals surface area contributed by atoms with Gasteiger partial charge in [0.05, 0.1) is 0 Å².